The number of benzene rings is 1. The van der Waals surface area contributed by atoms with Crippen molar-refractivity contribution in [1.29, 1.82) is 0 Å². The van der Waals surface area contributed by atoms with Gasteiger partial charge in [0.25, 0.3) is 0 Å². The van der Waals surface area contributed by atoms with Crippen molar-refractivity contribution in [3.63, 3.8) is 0 Å². The number of nitrogens with one attached hydrogen (secondary N) is 1. The van der Waals surface area contributed by atoms with Gasteiger partial charge >= 0.3 is 6.09 Å². The van der Waals surface area contributed by atoms with E-state index in [0.717, 1.165) is 15.9 Å². The number of thiazole rings is 1. The first-order chi connectivity index (χ1) is 9.63. The Labute approximate surface area is 119 Å². The van der Waals surface area contributed by atoms with E-state index in [1.54, 1.807) is 10.4 Å². The average molecular weight is 291 g/mol. The standard InChI is InChI=1S/C13H13N3O3S/c1-8(17)14-5-10-6-16(13(18)19-10)9-2-3-11-12(4-9)20-7-15-11/h2-4,7,10H,5-6H2,1H3,(H,14,17)/t10-/m0/s1. The number of carbonyl (C=O) groups excluding carboxylic acids is 2. The number of hydrogen-bond donors (Lipinski definition) is 1. The van der Waals surface area contributed by atoms with Crippen molar-refractivity contribution in [3.05, 3.63) is 23.7 Å². The molecule has 1 aliphatic rings. The Balaban J connectivity index is 1.76. The normalized spacial score (nSPS) is 18.4. The summed E-state index contributed by atoms with van der Waals surface area (Å²) in [6, 6.07) is 5.66. The van der Waals surface area contributed by atoms with Crippen molar-refractivity contribution < 1.29 is 14.3 Å². The second kappa shape index (κ2) is 5.09. The highest BCUT2D eigenvalue weighted by atomic mass is 32.1. The molecule has 0 aliphatic carbocycles. The topological polar surface area (TPSA) is 71.5 Å². The quantitative estimate of drug-likeness (QED) is 0.935. The van der Waals surface area contributed by atoms with Crippen LogP contribution in [0.3, 0.4) is 0 Å². The maximum Gasteiger partial charge on any atom is 0.414 e. The van der Waals surface area contributed by atoms with Crippen LogP contribution in [0, 0.1) is 0 Å². The number of cyclic esters (lactones) is 1. The SMILES string of the molecule is CC(=O)NC[C@H]1CN(c2ccc3ncsc3c2)C(=O)O1. The van der Waals surface area contributed by atoms with Crippen LogP contribution in [0.25, 0.3) is 10.2 Å². The largest absolute Gasteiger partial charge is 0.442 e. The zero-order valence-corrected chi connectivity index (χ0v) is 11.6. The monoisotopic (exact) mass is 291 g/mol. The summed E-state index contributed by atoms with van der Waals surface area (Å²) in [6.45, 7) is 2.20. The van der Waals surface area contributed by atoms with Crippen molar-refractivity contribution in [3.8, 4) is 0 Å². The molecule has 104 valence electrons. The summed E-state index contributed by atoms with van der Waals surface area (Å²) < 4.78 is 6.26. The summed E-state index contributed by atoms with van der Waals surface area (Å²) in [5.41, 5.74) is 3.48. The summed E-state index contributed by atoms with van der Waals surface area (Å²) in [6.07, 6.45) is -0.701. The molecular weight excluding hydrogens is 278 g/mol. The molecule has 0 radical (unpaired) electrons. The van der Waals surface area contributed by atoms with Crippen LogP contribution in [0.5, 0.6) is 0 Å². The van der Waals surface area contributed by atoms with Crippen molar-refractivity contribution in [2.45, 2.75) is 13.0 Å². The van der Waals surface area contributed by atoms with E-state index < -0.39 is 0 Å². The minimum absolute atomic E-state index is 0.134. The first kappa shape index (κ1) is 12.9. The van der Waals surface area contributed by atoms with Crippen LogP contribution >= 0.6 is 11.3 Å². The molecule has 6 nitrogen and oxygen atoms in total. The highest BCUT2D eigenvalue weighted by molar-refractivity contribution is 7.16. The third-order valence-electron chi connectivity index (χ3n) is 3.08. The fourth-order valence-electron chi connectivity index (χ4n) is 2.11. The number of hydrogen-bond acceptors (Lipinski definition) is 5. The van der Waals surface area contributed by atoms with E-state index in [1.807, 2.05) is 18.2 Å². The molecule has 2 aromatic rings. The third kappa shape index (κ3) is 2.44. The Kier molecular flexibility index (Phi) is 3.27. The highest BCUT2D eigenvalue weighted by Gasteiger charge is 2.32. The Morgan fingerprint density at radius 2 is 2.45 bits per heavy atom. The Morgan fingerprint density at radius 1 is 1.60 bits per heavy atom. The minimum atomic E-state index is -0.385. The van der Waals surface area contributed by atoms with Gasteiger partial charge in [-0.2, -0.15) is 0 Å². The molecule has 0 bridgehead atoms. The van der Waals surface area contributed by atoms with Crippen LogP contribution in [0.15, 0.2) is 23.7 Å². The fourth-order valence-corrected chi connectivity index (χ4v) is 2.82. The van der Waals surface area contributed by atoms with Crippen molar-refractivity contribution in [1.82, 2.24) is 10.3 Å². The van der Waals surface area contributed by atoms with Gasteiger partial charge in [-0.25, -0.2) is 9.78 Å². The fraction of sp³-hybridized carbons (Fsp3) is 0.308. The molecule has 7 heteroatoms. The second-order valence-corrected chi connectivity index (χ2v) is 5.44. The lowest BCUT2D eigenvalue weighted by molar-refractivity contribution is -0.119. The molecule has 0 saturated carbocycles. The Morgan fingerprint density at radius 3 is 3.25 bits per heavy atom. The molecule has 1 aromatic carbocycles. The van der Waals surface area contributed by atoms with Crippen molar-refractivity contribution >= 4 is 39.2 Å². The first-order valence-electron chi connectivity index (χ1n) is 6.19. The van der Waals surface area contributed by atoms with Crippen LogP contribution < -0.4 is 10.2 Å². The Bertz CT molecular complexity index is 670. The maximum absolute atomic E-state index is 11.9. The average Bonchev–Trinajstić information content (AvgIpc) is 3.01. The number of anilines is 1. The number of rotatable bonds is 3. The van der Waals surface area contributed by atoms with Gasteiger partial charge in [0.1, 0.15) is 6.10 Å². The lowest BCUT2D eigenvalue weighted by Gasteiger charge is -2.12. The molecule has 1 aromatic heterocycles. The summed E-state index contributed by atoms with van der Waals surface area (Å²) in [7, 11) is 0. The van der Waals surface area contributed by atoms with E-state index in [0.29, 0.717) is 13.1 Å². The number of carbonyl (C=O) groups is 2. The summed E-state index contributed by atoms with van der Waals surface area (Å²) in [5, 5.41) is 2.65. The Hall–Kier alpha value is -2.15. The summed E-state index contributed by atoms with van der Waals surface area (Å²) in [5.74, 6) is -0.134. The molecule has 0 spiro atoms. The number of aromatic nitrogens is 1. The van der Waals surface area contributed by atoms with Gasteiger partial charge in [0.05, 0.1) is 28.8 Å². The van der Waals surface area contributed by atoms with E-state index in [-0.39, 0.29) is 18.1 Å². The molecule has 2 heterocycles. The van der Waals surface area contributed by atoms with Gasteiger partial charge in [-0.15, -0.1) is 11.3 Å². The third-order valence-corrected chi connectivity index (χ3v) is 3.87. The van der Waals surface area contributed by atoms with E-state index in [1.165, 1.54) is 18.3 Å². The van der Waals surface area contributed by atoms with Crippen LogP contribution in [-0.2, 0) is 9.53 Å². The minimum Gasteiger partial charge on any atom is -0.442 e. The van der Waals surface area contributed by atoms with Crippen LogP contribution in [-0.4, -0.2) is 36.2 Å². The van der Waals surface area contributed by atoms with E-state index >= 15 is 0 Å². The first-order valence-corrected chi connectivity index (χ1v) is 7.07. The predicted octanol–water partition coefficient (Wildman–Crippen LogP) is 1.76. The van der Waals surface area contributed by atoms with Crippen molar-refractivity contribution in [2.75, 3.05) is 18.0 Å². The number of ether oxygens (including phenoxy) is 1. The van der Waals surface area contributed by atoms with Crippen LogP contribution in [0.4, 0.5) is 10.5 Å². The lowest BCUT2D eigenvalue weighted by atomic mass is 10.2. The molecule has 3 rings (SSSR count). The predicted molar refractivity (Wildman–Crippen MR) is 75.9 cm³/mol. The van der Waals surface area contributed by atoms with Gasteiger partial charge in [0.2, 0.25) is 5.91 Å². The smallest absolute Gasteiger partial charge is 0.414 e. The second-order valence-electron chi connectivity index (χ2n) is 4.56. The molecule has 1 aliphatic heterocycles. The molecule has 1 fully saturated rings. The van der Waals surface area contributed by atoms with E-state index in [9.17, 15) is 9.59 Å². The van der Waals surface area contributed by atoms with Crippen LogP contribution in [0.1, 0.15) is 6.92 Å². The van der Waals surface area contributed by atoms with Gasteiger partial charge in [0, 0.05) is 12.6 Å². The summed E-state index contributed by atoms with van der Waals surface area (Å²) in [4.78, 5) is 28.5. The van der Waals surface area contributed by atoms with Crippen LogP contribution in [0.2, 0.25) is 0 Å². The number of nitrogens with zero attached hydrogens (tertiary/aromatic N) is 2. The zero-order chi connectivity index (χ0) is 14.1. The molecular formula is C13H13N3O3S. The number of amides is 2. The van der Waals surface area contributed by atoms with E-state index in [4.69, 9.17) is 4.74 Å². The molecule has 1 saturated heterocycles. The maximum atomic E-state index is 11.9. The molecule has 1 N–H and O–H groups in total. The van der Waals surface area contributed by atoms with Gasteiger partial charge in [-0.1, -0.05) is 0 Å². The molecule has 20 heavy (non-hydrogen) atoms. The lowest BCUT2D eigenvalue weighted by Crippen LogP contribution is -2.33. The zero-order valence-electron chi connectivity index (χ0n) is 10.8. The van der Waals surface area contributed by atoms with Gasteiger partial charge in [-0.3, -0.25) is 9.69 Å². The number of fused-ring (bicyclic) bond motifs is 1. The van der Waals surface area contributed by atoms with Gasteiger partial charge in [0.15, 0.2) is 0 Å². The van der Waals surface area contributed by atoms with E-state index in [2.05, 4.69) is 10.3 Å². The molecule has 1 atom stereocenters. The van der Waals surface area contributed by atoms with Gasteiger partial charge < -0.3 is 10.1 Å². The van der Waals surface area contributed by atoms with Gasteiger partial charge in [-0.05, 0) is 18.2 Å². The molecule has 0 unspecified atom stereocenters. The van der Waals surface area contributed by atoms with Crippen molar-refractivity contribution in [2.24, 2.45) is 0 Å². The highest BCUT2D eigenvalue weighted by Crippen LogP contribution is 2.27. The summed E-state index contributed by atoms with van der Waals surface area (Å²) >= 11 is 1.53. The molecule has 2 amide bonds.